The predicted octanol–water partition coefficient (Wildman–Crippen LogP) is 8.12. The van der Waals surface area contributed by atoms with Gasteiger partial charge in [-0.05, 0) is 94.0 Å². The Morgan fingerprint density at radius 2 is 1.79 bits per heavy atom. The number of carboxylic acids is 1. The zero-order valence-corrected chi connectivity index (χ0v) is 29.5. The van der Waals surface area contributed by atoms with Crippen LogP contribution in [0, 0.1) is 27.7 Å². The molecule has 1 amide bonds. The van der Waals surface area contributed by atoms with E-state index in [1.807, 2.05) is 68.6 Å². The van der Waals surface area contributed by atoms with Gasteiger partial charge in [0.15, 0.2) is 0 Å². The number of rotatable bonds is 10. The summed E-state index contributed by atoms with van der Waals surface area (Å²) in [4.78, 5) is 32.3. The number of benzene rings is 2. The highest BCUT2D eigenvalue weighted by molar-refractivity contribution is 6.35. The van der Waals surface area contributed by atoms with E-state index in [1.54, 1.807) is 6.07 Å². The molecule has 0 radical (unpaired) electrons. The molecule has 0 aliphatic carbocycles. The van der Waals surface area contributed by atoms with E-state index in [9.17, 15) is 14.7 Å². The molecular formula is C37H39Cl2N5O4. The molecule has 1 atom stereocenters. The molecule has 1 aliphatic heterocycles. The number of carbonyl (C=O) groups is 2. The lowest BCUT2D eigenvalue weighted by molar-refractivity contribution is 0.0564. The third kappa shape index (κ3) is 5.94. The second-order valence-corrected chi connectivity index (χ2v) is 13.4. The van der Waals surface area contributed by atoms with Gasteiger partial charge in [-0.2, -0.15) is 5.10 Å². The lowest BCUT2D eigenvalue weighted by Gasteiger charge is -2.37. The fraction of sp³-hybridized carbons (Fsp3) is 0.351. The molecule has 0 fully saturated rings. The van der Waals surface area contributed by atoms with E-state index in [2.05, 4.69) is 21.6 Å². The molecule has 0 saturated carbocycles. The number of hydrogen-bond donors (Lipinski definition) is 1. The van der Waals surface area contributed by atoms with Gasteiger partial charge in [0.2, 0.25) is 0 Å². The molecule has 48 heavy (non-hydrogen) atoms. The number of halogens is 2. The van der Waals surface area contributed by atoms with Gasteiger partial charge in [-0.1, -0.05) is 36.2 Å². The number of fused-ring (bicyclic) bond motifs is 3. The molecule has 5 aromatic rings. The van der Waals surface area contributed by atoms with E-state index >= 15 is 0 Å². The Morgan fingerprint density at radius 3 is 2.40 bits per heavy atom. The van der Waals surface area contributed by atoms with Crippen LogP contribution in [-0.4, -0.2) is 53.9 Å². The van der Waals surface area contributed by atoms with Gasteiger partial charge >= 0.3 is 5.97 Å². The van der Waals surface area contributed by atoms with Gasteiger partial charge in [-0.15, -0.1) is 0 Å². The molecule has 0 bridgehead atoms. The standard InChI is InChI=1S/C37H39Cl2N5O4/c1-7-26-19-44-34-29(12-13-30(38)32(34)31-22(4)41-42(6)23(31)5)28(9-8-14-48-27-15-20(2)33(39)21(3)16-27)35(44)36(45)43(26)18-25-11-10-24(17-40-25)37(46)47/h10-13,15-17,26H,7-9,14,18-19H2,1-6H3,(H,46,47)/t26-/m1/s1. The second kappa shape index (κ2) is 13.3. The first-order chi connectivity index (χ1) is 22.9. The van der Waals surface area contributed by atoms with E-state index in [4.69, 9.17) is 27.9 Å². The summed E-state index contributed by atoms with van der Waals surface area (Å²) in [6.07, 6.45) is 3.35. The number of pyridine rings is 1. The van der Waals surface area contributed by atoms with Crippen LogP contribution in [0.25, 0.3) is 22.0 Å². The average molecular weight is 689 g/mol. The Bertz CT molecular complexity index is 2040. The number of ether oxygens (including phenoxy) is 1. The molecular weight excluding hydrogens is 649 g/mol. The minimum Gasteiger partial charge on any atom is -0.494 e. The number of aromatic carboxylic acids is 1. The fourth-order valence-corrected chi connectivity index (χ4v) is 7.31. The lowest BCUT2D eigenvalue weighted by atomic mass is 9.98. The molecule has 250 valence electrons. The minimum atomic E-state index is -1.04. The van der Waals surface area contributed by atoms with Crippen LogP contribution in [0.3, 0.4) is 0 Å². The molecule has 3 aromatic heterocycles. The number of aromatic nitrogens is 4. The zero-order chi connectivity index (χ0) is 34.4. The first kappa shape index (κ1) is 33.6. The molecule has 11 heteroatoms. The van der Waals surface area contributed by atoms with Crippen molar-refractivity contribution in [3.05, 3.63) is 97.7 Å². The van der Waals surface area contributed by atoms with Crippen LogP contribution in [0.5, 0.6) is 5.75 Å². The van der Waals surface area contributed by atoms with Crippen molar-refractivity contribution in [1.29, 1.82) is 0 Å². The number of amides is 1. The van der Waals surface area contributed by atoms with Crippen molar-refractivity contribution in [2.45, 2.75) is 73.0 Å². The molecule has 0 unspecified atom stereocenters. The van der Waals surface area contributed by atoms with Gasteiger partial charge in [0.05, 0.1) is 46.7 Å². The second-order valence-electron chi connectivity index (χ2n) is 12.6. The monoisotopic (exact) mass is 687 g/mol. The maximum absolute atomic E-state index is 14.7. The maximum Gasteiger partial charge on any atom is 0.337 e. The summed E-state index contributed by atoms with van der Waals surface area (Å²) in [5.41, 5.74) is 8.92. The summed E-state index contributed by atoms with van der Waals surface area (Å²) in [5, 5.41) is 16.4. The molecule has 6 rings (SSSR count). The van der Waals surface area contributed by atoms with E-state index in [-0.39, 0.29) is 24.1 Å². The lowest BCUT2D eigenvalue weighted by Crippen LogP contribution is -2.47. The first-order valence-corrected chi connectivity index (χ1v) is 16.9. The van der Waals surface area contributed by atoms with Gasteiger partial charge in [0, 0.05) is 47.0 Å². The van der Waals surface area contributed by atoms with Crippen molar-refractivity contribution in [1.82, 2.24) is 24.2 Å². The van der Waals surface area contributed by atoms with Crippen molar-refractivity contribution in [3.63, 3.8) is 0 Å². The Kier molecular flexibility index (Phi) is 9.29. The van der Waals surface area contributed by atoms with Gasteiger partial charge in [-0.3, -0.25) is 14.5 Å². The summed E-state index contributed by atoms with van der Waals surface area (Å²) < 4.78 is 10.2. The van der Waals surface area contributed by atoms with Crippen LogP contribution in [-0.2, 0) is 26.6 Å². The predicted molar refractivity (Wildman–Crippen MR) is 189 cm³/mol. The number of nitrogens with zero attached hydrogens (tertiary/aromatic N) is 5. The van der Waals surface area contributed by atoms with Crippen LogP contribution in [0.1, 0.15) is 74.4 Å². The summed E-state index contributed by atoms with van der Waals surface area (Å²) in [7, 11) is 1.92. The smallest absolute Gasteiger partial charge is 0.337 e. The Morgan fingerprint density at radius 1 is 1.06 bits per heavy atom. The van der Waals surface area contributed by atoms with E-state index in [0.717, 1.165) is 67.3 Å². The van der Waals surface area contributed by atoms with E-state index < -0.39 is 5.97 Å². The number of carbonyl (C=O) groups excluding carboxylic acids is 1. The van der Waals surface area contributed by atoms with Crippen LogP contribution in [0.4, 0.5) is 0 Å². The summed E-state index contributed by atoms with van der Waals surface area (Å²) in [6.45, 7) is 11.3. The van der Waals surface area contributed by atoms with E-state index in [0.29, 0.717) is 42.4 Å². The molecule has 0 spiro atoms. The normalized spacial score (nSPS) is 14.5. The maximum atomic E-state index is 14.7. The SMILES string of the molecule is CC[C@@H]1Cn2c(c(CCCOc3cc(C)c(Cl)c(C)c3)c3ccc(Cl)c(-c4c(C)nn(C)c4C)c32)C(=O)N1Cc1ccc(C(=O)O)cn1. The van der Waals surface area contributed by atoms with E-state index in [1.165, 1.54) is 12.3 Å². The summed E-state index contributed by atoms with van der Waals surface area (Å²) in [6, 6.07) is 10.9. The zero-order valence-electron chi connectivity index (χ0n) is 28.0. The summed E-state index contributed by atoms with van der Waals surface area (Å²) >= 11 is 13.4. The van der Waals surface area contributed by atoms with Crippen molar-refractivity contribution in [2.75, 3.05) is 6.61 Å². The van der Waals surface area contributed by atoms with Gasteiger partial charge < -0.3 is 19.3 Å². The van der Waals surface area contributed by atoms with Gasteiger partial charge in [-0.25, -0.2) is 4.79 Å². The third-order valence-corrected chi connectivity index (χ3v) is 10.4. The molecule has 9 nitrogen and oxygen atoms in total. The highest BCUT2D eigenvalue weighted by atomic mass is 35.5. The summed E-state index contributed by atoms with van der Waals surface area (Å²) in [5.74, 6) is -0.359. The number of carboxylic acid groups (broad SMARTS) is 1. The fourth-order valence-electron chi connectivity index (χ4n) is 6.96. The van der Waals surface area contributed by atoms with Crippen molar-refractivity contribution in [3.8, 4) is 16.9 Å². The van der Waals surface area contributed by atoms with Crippen LogP contribution in [0.2, 0.25) is 10.0 Å². The Labute approximate surface area is 290 Å². The molecule has 2 aromatic carbocycles. The topological polar surface area (TPSA) is 102 Å². The van der Waals surface area contributed by atoms with Gasteiger partial charge in [0.25, 0.3) is 5.91 Å². The van der Waals surface area contributed by atoms with Crippen LogP contribution in [0.15, 0.2) is 42.6 Å². The van der Waals surface area contributed by atoms with Gasteiger partial charge in [0.1, 0.15) is 11.4 Å². The highest BCUT2D eigenvalue weighted by Crippen LogP contribution is 2.43. The van der Waals surface area contributed by atoms with Crippen LogP contribution >= 0.6 is 23.2 Å². The molecule has 1 N–H and O–H groups in total. The third-order valence-electron chi connectivity index (χ3n) is 9.46. The Hall–Kier alpha value is -4.34. The molecule has 1 aliphatic rings. The average Bonchev–Trinajstić information content (AvgIpc) is 3.50. The highest BCUT2D eigenvalue weighted by Gasteiger charge is 2.37. The van der Waals surface area contributed by atoms with Crippen molar-refractivity contribution in [2.24, 2.45) is 7.05 Å². The Balaban J connectivity index is 1.44. The quantitative estimate of drug-likeness (QED) is 0.149. The number of hydrogen-bond acceptors (Lipinski definition) is 5. The first-order valence-electron chi connectivity index (χ1n) is 16.1. The number of aryl methyl sites for hydroxylation is 5. The van der Waals surface area contributed by atoms with Crippen molar-refractivity contribution < 1.29 is 19.4 Å². The van der Waals surface area contributed by atoms with Crippen molar-refractivity contribution >= 4 is 46.0 Å². The van der Waals surface area contributed by atoms with Crippen LogP contribution < -0.4 is 4.74 Å². The molecule has 4 heterocycles. The molecule has 0 saturated heterocycles. The minimum absolute atomic E-state index is 0.0880. The largest absolute Gasteiger partial charge is 0.494 e.